The van der Waals surface area contributed by atoms with Crippen LogP contribution in [0.2, 0.25) is 0 Å². The Bertz CT molecular complexity index is 2850. The molecule has 0 amide bonds. The van der Waals surface area contributed by atoms with E-state index >= 15 is 0 Å². The van der Waals surface area contributed by atoms with E-state index in [9.17, 15) is 0 Å². The van der Waals surface area contributed by atoms with Crippen molar-refractivity contribution in [2.45, 2.75) is 50.5 Å². The van der Waals surface area contributed by atoms with Crippen molar-refractivity contribution in [3.8, 4) is 5.69 Å². The summed E-state index contributed by atoms with van der Waals surface area (Å²) in [5, 5.41) is 1.26. The minimum atomic E-state index is -0.0603. The Morgan fingerprint density at radius 2 is 1.05 bits per heavy atom. The van der Waals surface area contributed by atoms with Gasteiger partial charge in [-0.3, -0.25) is 0 Å². The van der Waals surface area contributed by atoms with Crippen molar-refractivity contribution in [3.63, 3.8) is 0 Å². The lowest BCUT2D eigenvalue weighted by molar-refractivity contribution is 0.195. The number of hydrogen-bond donors (Lipinski definition) is 0. The molecule has 2 unspecified atom stereocenters. The highest BCUT2D eigenvalue weighted by Crippen LogP contribution is 2.62. The van der Waals surface area contributed by atoms with Gasteiger partial charge in [-0.15, -0.1) is 0 Å². The zero-order chi connectivity index (χ0) is 37.9. The average molecular weight is 735 g/mol. The minimum Gasteiger partial charge on any atom is -0.334 e. The van der Waals surface area contributed by atoms with Gasteiger partial charge in [0, 0.05) is 61.9 Å². The van der Waals surface area contributed by atoms with Crippen LogP contribution in [0.25, 0.3) is 16.6 Å². The van der Waals surface area contributed by atoms with Gasteiger partial charge in [-0.05, 0) is 109 Å². The molecule has 3 aliphatic heterocycles. The molecule has 0 spiro atoms. The van der Waals surface area contributed by atoms with Gasteiger partial charge in [0.05, 0.1) is 16.7 Å². The lowest BCUT2D eigenvalue weighted by Crippen LogP contribution is -2.63. The molecule has 7 aromatic carbocycles. The van der Waals surface area contributed by atoms with Gasteiger partial charge in [0.1, 0.15) is 0 Å². The van der Waals surface area contributed by atoms with Crippen molar-refractivity contribution in [3.05, 3.63) is 181 Å². The number of hydrogen-bond acceptors (Lipinski definition) is 3. The first-order valence-corrected chi connectivity index (χ1v) is 20.6. The Labute approximate surface area is 335 Å². The van der Waals surface area contributed by atoms with Crippen LogP contribution in [0.5, 0.6) is 0 Å². The van der Waals surface area contributed by atoms with Crippen molar-refractivity contribution in [1.29, 1.82) is 0 Å². The lowest BCUT2D eigenvalue weighted by Gasteiger charge is -2.50. The summed E-state index contributed by atoms with van der Waals surface area (Å²) in [5.41, 5.74) is 17.8. The SMILES string of the molecule is CC12CCCCC1(C)N(c1ccccc1)c1cc3c(cc12)B1c2c(cccc2N(c2ccccc2)c2c1n(-c1ccccc1)c1ccccc21)N3c1ccccc1. The molecular formula is C52H43BN4. The molecule has 57 heavy (non-hydrogen) atoms. The summed E-state index contributed by atoms with van der Waals surface area (Å²) < 4.78 is 2.57. The van der Waals surface area contributed by atoms with Crippen LogP contribution in [-0.2, 0) is 5.41 Å². The molecule has 0 saturated heterocycles. The third-order valence-corrected chi connectivity index (χ3v) is 14.1. The molecule has 1 fully saturated rings. The number of anilines is 8. The molecule has 2 atom stereocenters. The Morgan fingerprint density at radius 1 is 0.491 bits per heavy atom. The van der Waals surface area contributed by atoms with Crippen LogP contribution in [0, 0.1) is 0 Å². The first-order chi connectivity index (χ1) is 28.1. The van der Waals surface area contributed by atoms with Gasteiger partial charge in [0.2, 0.25) is 0 Å². The maximum Gasteiger partial charge on any atom is 0.273 e. The van der Waals surface area contributed by atoms with E-state index in [0.717, 1.165) is 12.1 Å². The molecule has 4 aliphatic rings. The van der Waals surface area contributed by atoms with Crippen LogP contribution in [-0.4, -0.2) is 16.8 Å². The van der Waals surface area contributed by atoms with E-state index in [-0.39, 0.29) is 17.7 Å². The first kappa shape index (κ1) is 32.8. The molecule has 5 heteroatoms. The van der Waals surface area contributed by atoms with E-state index in [1.54, 1.807) is 0 Å². The number of nitrogens with zero attached hydrogens (tertiary/aromatic N) is 4. The number of rotatable bonds is 4. The highest BCUT2D eigenvalue weighted by Gasteiger charge is 2.59. The lowest BCUT2D eigenvalue weighted by atomic mass is 9.34. The summed E-state index contributed by atoms with van der Waals surface area (Å²) in [7, 11) is 0. The van der Waals surface area contributed by atoms with Crippen LogP contribution >= 0.6 is 0 Å². The monoisotopic (exact) mass is 734 g/mol. The van der Waals surface area contributed by atoms with Crippen molar-refractivity contribution in [2.75, 3.05) is 14.7 Å². The second kappa shape index (κ2) is 12.0. The average Bonchev–Trinajstić information content (AvgIpc) is 3.70. The fourth-order valence-corrected chi connectivity index (χ4v) is 11.4. The van der Waals surface area contributed by atoms with Crippen LogP contribution in [0.15, 0.2) is 176 Å². The normalized spacial score (nSPS) is 20.2. The zero-order valence-corrected chi connectivity index (χ0v) is 32.4. The Kier molecular flexibility index (Phi) is 6.91. The molecule has 1 aromatic heterocycles. The van der Waals surface area contributed by atoms with Crippen LogP contribution in [0.4, 0.5) is 45.5 Å². The van der Waals surface area contributed by atoms with Gasteiger partial charge in [-0.1, -0.05) is 123 Å². The van der Waals surface area contributed by atoms with Gasteiger partial charge in [0.25, 0.3) is 6.71 Å². The smallest absolute Gasteiger partial charge is 0.273 e. The summed E-state index contributed by atoms with van der Waals surface area (Å²) >= 11 is 0. The summed E-state index contributed by atoms with van der Waals surface area (Å²) in [6, 6.07) is 65.5. The summed E-state index contributed by atoms with van der Waals surface area (Å²) in [6.45, 7) is 5.09. The Morgan fingerprint density at radius 3 is 1.74 bits per heavy atom. The highest BCUT2D eigenvalue weighted by molar-refractivity contribution is 7.00. The molecule has 8 aromatic rings. The second-order valence-corrected chi connectivity index (χ2v) is 16.8. The molecule has 274 valence electrons. The maximum absolute atomic E-state index is 2.72. The van der Waals surface area contributed by atoms with Crippen LogP contribution < -0.4 is 31.2 Å². The zero-order valence-electron chi connectivity index (χ0n) is 32.4. The van der Waals surface area contributed by atoms with Gasteiger partial charge in [-0.25, -0.2) is 0 Å². The molecule has 0 bridgehead atoms. The number of aromatic nitrogens is 1. The van der Waals surface area contributed by atoms with Crippen molar-refractivity contribution < 1.29 is 0 Å². The van der Waals surface area contributed by atoms with Crippen molar-refractivity contribution in [2.24, 2.45) is 0 Å². The van der Waals surface area contributed by atoms with E-state index < -0.39 is 0 Å². The number of fused-ring (bicyclic) bond motifs is 9. The standard InChI is InChI=1S/C52H43BN4/c1-51-32-17-18-33-52(51,2)57(39-26-13-6-14-27-39)46-35-47-42(34-41(46)51)53-48-44(54(47)36-20-7-3-8-21-36)30-19-31-45(48)55(37-22-9-4-10-23-37)49-40-28-15-16-29-43(40)56(50(49)53)38-24-11-5-12-25-38/h3-16,19-31,34-35H,17-18,32-33H2,1-2H3. The van der Waals surface area contributed by atoms with Gasteiger partial charge in [0.15, 0.2) is 0 Å². The van der Waals surface area contributed by atoms with Crippen molar-refractivity contribution in [1.82, 2.24) is 4.57 Å². The fourth-order valence-electron chi connectivity index (χ4n) is 11.4. The largest absolute Gasteiger partial charge is 0.334 e. The molecule has 4 nitrogen and oxygen atoms in total. The van der Waals surface area contributed by atoms with Gasteiger partial charge < -0.3 is 19.3 Å². The molecule has 0 radical (unpaired) electrons. The Balaban J connectivity index is 1.24. The fraction of sp³-hybridized carbons (Fsp3) is 0.154. The second-order valence-electron chi connectivity index (χ2n) is 16.8. The molecule has 0 N–H and O–H groups in total. The van der Waals surface area contributed by atoms with E-state index in [0.29, 0.717) is 0 Å². The number of para-hydroxylation sites is 5. The van der Waals surface area contributed by atoms with Gasteiger partial charge >= 0.3 is 0 Å². The maximum atomic E-state index is 2.72. The minimum absolute atomic E-state index is 0.0248. The van der Waals surface area contributed by atoms with Crippen LogP contribution in [0.1, 0.15) is 45.1 Å². The van der Waals surface area contributed by atoms with E-state index in [1.807, 2.05) is 0 Å². The van der Waals surface area contributed by atoms with Gasteiger partial charge in [-0.2, -0.15) is 0 Å². The summed E-state index contributed by atoms with van der Waals surface area (Å²) in [5.74, 6) is 0. The Hall–Kier alpha value is -6.46. The van der Waals surface area contributed by atoms with E-state index in [4.69, 9.17) is 0 Å². The number of benzene rings is 7. The topological polar surface area (TPSA) is 14.7 Å². The summed E-state index contributed by atoms with van der Waals surface area (Å²) in [4.78, 5) is 7.83. The van der Waals surface area contributed by atoms with Crippen molar-refractivity contribution >= 4 is 79.6 Å². The van der Waals surface area contributed by atoms with E-state index in [1.165, 1.54) is 97.7 Å². The molecule has 1 saturated carbocycles. The third kappa shape index (κ3) is 4.35. The molecule has 4 heterocycles. The third-order valence-electron chi connectivity index (χ3n) is 14.1. The highest BCUT2D eigenvalue weighted by atomic mass is 15.3. The molecule has 1 aliphatic carbocycles. The predicted molar refractivity (Wildman–Crippen MR) is 240 cm³/mol. The molecule has 12 rings (SSSR count). The molecular weight excluding hydrogens is 691 g/mol. The summed E-state index contributed by atoms with van der Waals surface area (Å²) in [6.07, 6.45) is 4.82. The van der Waals surface area contributed by atoms with Crippen LogP contribution in [0.3, 0.4) is 0 Å². The first-order valence-electron chi connectivity index (χ1n) is 20.6. The predicted octanol–water partition coefficient (Wildman–Crippen LogP) is 11.5. The quantitative estimate of drug-likeness (QED) is 0.167. The van der Waals surface area contributed by atoms with E-state index in [2.05, 4.69) is 209 Å².